The highest BCUT2D eigenvalue weighted by molar-refractivity contribution is 6.21. The summed E-state index contributed by atoms with van der Waals surface area (Å²) < 4.78 is 5.29. The van der Waals surface area contributed by atoms with Crippen LogP contribution in [0.2, 0.25) is 0 Å². The third-order valence-electron chi connectivity index (χ3n) is 4.12. The molecular weight excluding hydrogens is 274 g/mol. The SMILES string of the molecule is COc1cc(C(=O)N(C)C2CCCCC2Cl)ccc1C. The van der Waals surface area contributed by atoms with Crippen molar-refractivity contribution in [1.82, 2.24) is 4.90 Å². The van der Waals surface area contributed by atoms with Crippen molar-refractivity contribution >= 4 is 17.5 Å². The lowest BCUT2D eigenvalue weighted by Crippen LogP contribution is -2.44. The van der Waals surface area contributed by atoms with E-state index in [1.807, 2.05) is 26.1 Å². The van der Waals surface area contributed by atoms with Crippen LogP contribution in [0, 0.1) is 6.92 Å². The third-order valence-corrected chi connectivity index (χ3v) is 4.63. The number of methoxy groups -OCH3 is 1. The van der Waals surface area contributed by atoms with Crippen molar-refractivity contribution < 1.29 is 9.53 Å². The first-order chi connectivity index (χ1) is 9.54. The van der Waals surface area contributed by atoms with Crippen LogP contribution in [0.1, 0.15) is 41.6 Å². The maximum atomic E-state index is 12.6. The number of hydrogen-bond acceptors (Lipinski definition) is 2. The fourth-order valence-electron chi connectivity index (χ4n) is 2.81. The van der Waals surface area contributed by atoms with Crippen molar-refractivity contribution in [3.05, 3.63) is 29.3 Å². The van der Waals surface area contributed by atoms with Crippen LogP contribution in [0.5, 0.6) is 5.75 Å². The number of nitrogens with zero attached hydrogens (tertiary/aromatic N) is 1. The van der Waals surface area contributed by atoms with Crippen LogP contribution in [0.25, 0.3) is 0 Å². The van der Waals surface area contributed by atoms with E-state index in [0.29, 0.717) is 5.56 Å². The van der Waals surface area contributed by atoms with Crippen LogP contribution in [0.3, 0.4) is 0 Å². The van der Waals surface area contributed by atoms with Crippen LogP contribution in [0.4, 0.5) is 0 Å². The maximum Gasteiger partial charge on any atom is 0.254 e. The molecule has 1 saturated carbocycles. The second kappa shape index (κ2) is 6.49. The Hall–Kier alpha value is -1.22. The maximum absolute atomic E-state index is 12.6. The summed E-state index contributed by atoms with van der Waals surface area (Å²) in [5.41, 5.74) is 1.68. The summed E-state index contributed by atoms with van der Waals surface area (Å²) >= 11 is 6.37. The van der Waals surface area contributed by atoms with E-state index in [1.165, 1.54) is 0 Å². The van der Waals surface area contributed by atoms with Gasteiger partial charge in [0.2, 0.25) is 0 Å². The minimum Gasteiger partial charge on any atom is -0.496 e. The number of hydrogen-bond donors (Lipinski definition) is 0. The molecule has 1 aliphatic rings. The zero-order valence-electron chi connectivity index (χ0n) is 12.4. The van der Waals surface area contributed by atoms with Crippen molar-refractivity contribution in [1.29, 1.82) is 0 Å². The molecule has 1 aromatic rings. The van der Waals surface area contributed by atoms with Gasteiger partial charge in [0.1, 0.15) is 5.75 Å². The lowest BCUT2D eigenvalue weighted by Gasteiger charge is -2.35. The van der Waals surface area contributed by atoms with Crippen LogP contribution in [-0.4, -0.2) is 36.4 Å². The molecule has 0 heterocycles. The van der Waals surface area contributed by atoms with Gasteiger partial charge in [0.15, 0.2) is 0 Å². The Labute approximate surface area is 125 Å². The molecule has 1 amide bonds. The second-order valence-electron chi connectivity index (χ2n) is 5.47. The lowest BCUT2D eigenvalue weighted by molar-refractivity contribution is 0.0700. The quantitative estimate of drug-likeness (QED) is 0.797. The van der Waals surface area contributed by atoms with E-state index in [0.717, 1.165) is 37.0 Å². The van der Waals surface area contributed by atoms with Gasteiger partial charge in [-0.15, -0.1) is 11.6 Å². The van der Waals surface area contributed by atoms with Crippen LogP contribution >= 0.6 is 11.6 Å². The lowest BCUT2D eigenvalue weighted by atomic mass is 9.93. The molecule has 0 aromatic heterocycles. The first-order valence-electron chi connectivity index (χ1n) is 7.10. The standard InChI is InChI=1S/C16H22ClNO2/c1-11-8-9-12(10-15(11)20-3)16(19)18(2)14-7-5-4-6-13(14)17/h8-10,13-14H,4-7H2,1-3H3. The molecular formula is C16H22ClNO2. The number of aryl methyl sites for hydroxylation is 1. The Bertz CT molecular complexity index is 489. The summed E-state index contributed by atoms with van der Waals surface area (Å²) in [4.78, 5) is 14.4. The number of amides is 1. The molecule has 0 radical (unpaired) electrons. The summed E-state index contributed by atoms with van der Waals surface area (Å²) in [6.45, 7) is 1.97. The highest BCUT2D eigenvalue weighted by atomic mass is 35.5. The van der Waals surface area contributed by atoms with Crippen molar-refractivity contribution in [2.75, 3.05) is 14.2 Å². The molecule has 2 rings (SSSR count). The summed E-state index contributed by atoms with van der Waals surface area (Å²) in [5.74, 6) is 0.760. The van der Waals surface area contributed by atoms with Crippen LogP contribution < -0.4 is 4.74 Å². The molecule has 0 bridgehead atoms. The van der Waals surface area contributed by atoms with Gasteiger partial charge in [-0.05, 0) is 37.5 Å². The Morgan fingerprint density at radius 2 is 2.05 bits per heavy atom. The molecule has 1 fully saturated rings. The monoisotopic (exact) mass is 295 g/mol. The van der Waals surface area contributed by atoms with Gasteiger partial charge >= 0.3 is 0 Å². The molecule has 0 saturated heterocycles. The van der Waals surface area contributed by atoms with Gasteiger partial charge in [0.25, 0.3) is 5.91 Å². The molecule has 0 N–H and O–H groups in total. The number of alkyl halides is 1. The van der Waals surface area contributed by atoms with Gasteiger partial charge < -0.3 is 9.64 Å². The minimum atomic E-state index is 0.0147. The predicted octanol–water partition coefficient (Wildman–Crippen LogP) is 3.63. The molecule has 4 heteroatoms. The fraction of sp³-hybridized carbons (Fsp3) is 0.562. The van der Waals surface area contributed by atoms with Gasteiger partial charge in [0, 0.05) is 18.7 Å². The van der Waals surface area contributed by atoms with Crippen molar-refractivity contribution in [2.24, 2.45) is 0 Å². The smallest absolute Gasteiger partial charge is 0.254 e. The molecule has 110 valence electrons. The summed E-state index contributed by atoms with van der Waals surface area (Å²) in [7, 11) is 3.47. The molecule has 2 unspecified atom stereocenters. The van der Waals surface area contributed by atoms with E-state index in [-0.39, 0.29) is 17.3 Å². The third kappa shape index (κ3) is 3.09. The number of rotatable bonds is 3. The van der Waals surface area contributed by atoms with Crippen LogP contribution in [0.15, 0.2) is 18.2 Å². The summed E-state index contributed by atoms with van der Waals surface area (Å²) in [6, 6.07) is 5.70. The van der Waals surface area contributed by atoms with E-state index < -0.39 is 0 Å². The van der Waals surface area contributed by atoms with Gasteiger partial charge in [-0.3, -0.25) is 4.79 Å². The van der Waals surface area contributed by atoms with E-state index >= 15 is 0 Å². The molecule has 1 aliphatic carbocycles. The normalized spacial score (nSPS) is 22.4. The molecule has 3 nitrogen and oxygen atoms in total. The summed E-state index contributed by atoms with van der Waals surface area (Å²) in [5, 5.41) is 0.0602. The largest absolute Gasteiger partial charge is 0.496 e. The van der Waals surface area contributed by atoms with Gasteiger partial charge in [-0.2, -0.15) is 0 Å². The van der Waals surface area contributed by atoms with Crippen molar-refractivity contribution in [3.8, 4) is 5.75 Å². The number of ether oxygens (including phenoxy) is 1. The number of halogens is 1. The van der Waals surface area contributed by atoms with Gasteiger partial charge in [-0.1, -0.05) is 18.9 Å². The Kier molecular flexibility index (Phi) is 4.92. The van der Waals surface area contributed by atoms with E-state index in [2.05, 4.69) is 0 Å². The second-order valence-corrected chi connectivity index (χ2v) is 6.03. The van der Waals surface area contributed by atoms with Crippen molar-refractivity contribution in [2.45, 2.75) is 44.0 Å². The first-order valence-corrected chi connectivity index (χ1v) is 7.54. The number of carbonyl (C=O) groups excluding carboxylic acids is 1. The minimum absolute atomic E-state index is 0.0147. The van der Waals surface area contributed by atoms with E-state index in [4.69, 9.17) is 16.3 Å². The average Bonchev–Trinajstić information content (AvgIpc) is 2.47. The van der Waals surface area contributed by atoms with E-state index in [9.17, 15) is 4.79 Å². The zero-order valence-corrected chi connectivity index (χ0v) is 13.1. The highest BCUT2D eigenvalue weighted by Crippen LogP contribution is 2.28. The Balaban J connectivity index is 2.17. The molecule has 1 aromatic carbocycles. The average molecular weight is 296 g/mol. The van der Waals surface area contributed by atoms with Crippen LogP contribution in [-0.2, 0) is 0 Å². The molecule has 2 atom stereocenters. The first kappa shape index (κ1) is 15.2. The van der Waals surface area contributed by atoms with E-state index in [1.54, 1.807) is 18.1 Å². The predicted molar refractivity (Wildman–Crippen MR) is 81.7 cm³/mol. The molecule has 20 heavy (non-hydrogen) atoms. The molecule has 0 spiro atoms. The zero-order chi connectivity index (χ0) is 14.7. The Morgan fingerprint density at radius 3 is 2.70 bits per heavy atom. The topological polar surface area (TPSA) is 29.5 Å². The highest BCUT2D eigenvalue weighted by Gasteiger charge is 2.30. The van der Waals surface area contributed by atoms with Gasteiger partial charge in [0.05, 0.1) is 12.5 Å². The molecule has 0 aliphatic heterocycles. The fourth-order valence-corrected chi connectivity index (χ4v) is 3.26. The summed E-state index contributed by atoms with van der Waals surface area (Å²) in [6.07, 6.45) is 4.27. The van der Waals surface area contributed by atoms with Crippen molar-refractivity contribution in [3.63, 3.8) is 0 Å². The van der Waals surface area contributed by atoms with Gasteiger partial charge in [-0.25, -0.2) is 0 Å². The number of benzene rings is 1. The number of carbonyl (C=O) groups is 1. The Morgan fingerprint density at radius 1 is 1.35 bits per heavy atom.